The zero-order valence-electron chi connectivity index (χ0n) is 28.1. The van der Waals surface area contributed by atoms with E-state index in [4.69, 9.17) is 4.98 Å². The molecule has 1 aliphatic rings. The molecule has 0 aliphatic carbocycles. The van der Waals surface area contributed by atoms with Crippen molar-refractivity contribution in [1.82, 2.24) is 14.0 Å². The van der Waals surface area contributed by atoms with Crippen molar-refractivity contribution in [2.45, 2.75) is 27.7 Å². The molecule has 0 fully saturated rings. The van der Waals surface area contributed by atoms with E-state index in [9.17, 15) is 0 Å². The lowest BCUT2D eigenvalue weighted by atomic mass is 9.46. The molecule has 9 aromatic rings. The Morgan fingerprint density at radius 2 is 1.14 bits per heavy atom. The molecule has 0 saturated carbocycles. The van der Waals surface area contributed by atoms with Gasteiger partial charge < -0.3 is 9.05 Å². The first-order chi connectivity index (χ1) is 24.0. The van der Waals surface area contributed by atoms with Crippen molar-refractivity contribution < 1.29 is 0 Å². The summed E-state index contributed by atoms with van der Waals surface area (Å²) in [6.45, 7) is 8.94. The van der Waals surface area contributed by atoms with E-state index in [-0.39, 0.29) is 6.85 Å². The number of aromatic nitrogens is 3. The molecule has 0 amide bonds. The molecule has 1 aliphatic heterocycles. The maximum Gasteiger partial charge on any atom is 0.333 e. The van der Waals surface area contributed by atoms with Crippen molar-refractivity contribution >= 4 is 61.5 Å². The molecule has 0 bridgehead atoms. The Balaban J connectivity index is 1.43. The van der Waals surface area contributed by atoms with Gasteiger partial charge in [-0.05, 0) is 90.7 Å². The highest BCUT2D eigenvalue weighted by molar-refractivity contribution is 6.89. The van der Waals surface area contributed by atoms with E-state index in [1.54, 1.807) is 0 Å². The van der Waals surface area contributed by atoms with Gasteiger partial charge >= 0.3 is 6.85 Å². The largest absolute Gasteiger partial charge is 0.375 e. The van der Waals surface area contributed by atoms with Crippen LogP contribution in [-0.4, -0.2) is 20.9 Å². The van der Waals surface area contributed by atoms with Gasteiger partial charge in [0.15, 0.2) is 0 Å². The first-order valence-corrected chi connectivity index (χ1v) is 17.2. The van der Waals surface area contributed by atoms with E-state index in [1.807, 2.05) is 6.20 Å². The molecule has 0 N–H and O–H groups in total. The second kappa shape index (κ2) is 10.3. The molecule has 4 heteroatoms. The Hall–Kier alpha value is -5.87. The zero-order valence-corrected chi connectivity index (χ0v) is 28.1. The summed E-state index contributed by atoms with van der Waals surface area (Å²) < 4.78 is 5.18. The normalized spacial score (nSPS) is 12.4. The van der Waals surface area contributed by atoms with Crippen LogP contribution in [0.1, 0.15) is 22.3 Å². The molecule has 0 saturated heterocycles. The monoisotopic (exact) mass is 627 g/mol. The van der Waals surface area contributed by atoms with Crippen LogP contribution >= 0.6 is 0 Å². The van der Waals surface area contributed by atoms with Crippen LogP contribution in [-0.2, 0) is 0 Å². The molecule has 4 heterocycles. The van der Waals surface area contributed by atoms with Crippen molar-refractivity contribution in [1.29, 1.82) is 0 Å². The van der Waals surface area contributed by atoms with Gasteiger partial charge in [-0.3, -0.25) is 4.98 Å². The maximum absolute atomic E-state index is 5.21. The van der Waals surface area contributed by atoms with Crippen LogP contribution < -0.4 is 10.9 Å². The zero-order chi connectivity index (χ0) is 33.0. The molecule has 3 aromatic heterocycles. The highest BCUT2D eigenvalue weighted by Crippen LogP contribution is 2.40. The molecule has 232 valence electrons. The first kappa shape index (κ1) is 28.2. The second-order valence-corrected chi connectivity index (χ2v) is 13.9. The summed E-state index contributed by atoms with van der Waals surface area (Å²) in [5.74, 6) is 0. The van der Waals surface area contributed by atoms with E-state index in [1.165, 1.54) is 88.3 Å². The van der Waals surface area contributed by atoms with Crippen molar-refractivity contribution in [2.75, 3.05) is 0 Å². The van der Waals surface area contributed by atoms with Crippen LogP contribution in [0.25, 0.3) is 71.7 Å². The first-order valence-electron chi connectivity index (χ1n) is 17.2. The second-order valence-electron chi connectivity index (χ2n) is 13.9. The average Bonchev–Trinajstić information content (AvgIpc) is 3.63. The van der Waals surface area contributed by atoms with Gasteiger partial charge in [0.1, 0.15) is 0 Å². The Labute approximate surface area is 286 Å². The number of pyridine rings is 1. The minimum Gasteiger partial charge on any atom is -0.375 e. The van der Waals surface area contributed by atoms with Gasteiger partial charge in [0.2, 0.25) is 0 Å². The van der Waals surface area contributed by atoms with E-state index >= 15 is 0 Å². The molecule has 6 aromatic carbocycles. The summed E-state index contributed by atoms with van der Waals surface area (Å²) in [5, 5.41) is 3.83. The van der Waals surface area contributed by atoms with Crippen LogP contribution in [0.5, 0.6) is 0 Å². The van der Waals surface area contributed by atoms with Gasteiger partial charge in [-0.15, -0.1) is 0 Å². The lowest BCUT2D eigenvalue weighted by Crippen LogP contribution is -2.54. The number of fused-ring (bicyclic) bond motifs is 8. The van der Waals surface area contributed by atoms with Crippen molar-refractivity contribution in [3.8, 4) is 27.9 Å². The summed E-state index contributed by atoms with van der Waals surface area (Å²) in [5.41, 5.74) is 19.8. The number of nitrogens with zero attached hydrogens (tertiary/aromatic N) is 3. The summed E-state index contributed by atoms with van der Waals surface area (Å²) in [7, 11) is 0. The number of aryl methyl sites for hydroxylation is 4. The lowest BCUT2D eigenvalue weighted by Gasteiger charge is -2.30. The smallest absolute Gasteiger partial charge is 0.333 e. The SMILES string of the molecule is Cc1cc(C)c2c(c1)c1cc(C)cc(C)c1n2B1c2ccccc2-n2c3cc(-c4ccccc4)cnc3c3ccc(-c4ccccc4)c1c32. The average molecular weight is 628 g/mol. The fourth-order valence-electron chi connectivity index (χ4n) is 8.86. The van der Waals surface area contributed by atoms with Crippen molar-refractivity contribution in [3.63, 3.8) is 0 Å². The molecule has 3 nitrogen and oxygen atoms in total. The molecule has 10 rings (SSSR count). The number of benzene rings is 6. The third-order valence-electron chi connectivity index (χ3n) is 10.7. The van der Waals surface area contributed by atoms with Gasteiger partial charge in [0, 0.05) is 44.6 Å². The van der Waals surface area contributed by atoms with Crippen LogP contribution in [0.2, 0.25) is 0 Å². The predicted molar refractivity (Wildman–Crippen MR) is 208 cm³/mol. The molecule has 0 atom stereocenters. The number of para-hydroxylation sites is 1. The highest BCUT2D eigenvalue weighted by Gasteiger charge is 2.39. The standard InChI is InChI=1S/C45H34BN3/c1-27-21-29(3)43-36(23-27)37-24-28(2)22-30(4)44(37)49(43)46-38-17-11-12-18-39(38)48-40-25-33(31-13-7-5-8-14-31)26-47-42(40)35-20-19-34(41(46)45(35)48)32-15-9-6-10-16-32/h5-26H,1-4H3. The molecule has 0 unspecified atom stereocenters. The third kappa shape index (κ3) is 3.95. The minimum atomic E-state index is -0.0664. The van der Waals surface area contributed by atoms with E-state index in [0.717, 1.165) is 16.6 Å². The van der Waals surface area contributed by atoms with Crippen LogP contribution in [0.4, 0.5) is 0 Å². The Morgan fingerprint density at radius 1 is 0.531 bits per heavy atom. The van der Waals surface area contributed by atoms with Crippen molar-refractivity contribution in [2.24, 2.45) is 0 Å². The Morgan fingerprint density at radius 3 is 1.82 bits per heavy atom. The van der Waals surface area contributed by atoms with Gasteiger partial charge in [-0.2, -0.15) is 0 Å². The maximum atomic E-state index is 5.21. The predicted octanol–water partition coefficient (Wildman–Crippen LogP) is 9.82. The molecular formula is C45H34BN3. The van der Waals surface area contributed by atoms with Crippen molar-refractivity contribution in [3.05, 3.63) is 156 Å². The third-order valence-corrected chi connectivity index (χ3v) is 10.7. The topological polar surface area (TPSA) is 22.8 Å². The fourth-order valence-corrected chi connectivity index (χ4v) is 8.86. The minimum absolute atomic E-state index is 0.0664. The van der Waals surface area contributed by atoms with Gasteiger partial charge in [0.05, 0.1) is 16.6 Å². The lowest BCUT2D eigenvalue weighted by molar-refractivity contribution is 1.17. The molecule has 0 radical (unpaired) electrons. The fraction of sp³-hybridized carbons (Fsp3) is 0.0889. The molecular weight excluding hydrogens is 593 g/mol. The highest BCUT2D eigenvalue weighted by atomic mass is 15.0. The number of rotatable bonds is 3. The van der Waals surface area contributed by atoms with E-state index in [2.05, 4.69) is 164 Å². The summed E-state index contributed by atoms with van der Waals surface area (Å²) in [6, 6.07) is 47.0. The van der Waals surface area contributed by atoms with Crippen LogP contribution in [0.15, 0.2) is 134 Å². The van der Waals surface area contributed by atoms with Crippen LogP contribution in [0.3, 0.4) is 0 Å². The molecule has 49 heavy (non-hydrogen) atoms. The molecule has 0 spiro atoms. The number of hydrogen-bond donors (Lipinski definition) is 0. The summed E-state index contributed by atoms with van der Waals surface area (Å²) in [4.78, 5) is 5.21. The Kier molecular flexibility index (Phi) is 5.93. The number of hydrogen-bond acceptors (Lipinski definition) is 1. The van der Waals surface area contributed by atoms with E-state index < -0.39 is 0 Å². The summed E-state index contributed by atoms with van der Waals surface area (Å²) in [6.07, 6.45) is 2.04. The van der Waals surface area contributed by atoms with Gasteiger partial charge in [-0.25, -0.2) is 0 Å². The van der Waals surface area contributed by atoms with E-state index in [0.29, 0.717) is 0 Å². The van der Waals surface area contributed by atoms with Crippen LogP contribution in [0, 0.1) is 27.7 Å². The quantitative estimate of drug-likeness (QED) is 0.179. The van der Waals surface area contributed by atoms with Gasteiger partial charge in [-0.1, -0.05) is 114 Å². The summed E-state index contributed by atoms with van der Waals surface area (Å²) >= 11 is 0. The van der Waals surface area contributed by atoms with Gasteiger partial charge in [0.25, 0.3) is 0 Å². The Bertz CT molecular complexity index is 2740.